The Balaban J connectivity index is 2.22. The zero-order valence-corrected chi connectivity index (χ0v) is 11.9. The molecule has 0 radical (unpaired) electrons. The SMILES string of the molecule is Cc1cc(C(=O)NC(C)C)nc(Nc2cc(C)on2)n1. The molecule has 1 amide bonds. The van der Waals surface area contributed by atoms with Crippen molar-refractivity contribution in [2.45, 2.75) is 33.7 Å². The standard InChI is InChI=1S/C13H17N5O2/c1-7(2)14-12(19)10-5-8(3)15-13(16-10)17-11-6-9(4)20-18-11/h5-7H,1-4H3,(H,14,19)(H,15,16,17,18). The molecule has 2 N–H and O–H groups in total. The molecule has 2 aromatic heterocycles. The van der Waals surface area contributed by atoms with E-state index in [9.17, 15) is 4.79 Å². The summed E-state index contributed by atoms with van der Waals surface area (Å²) in [5.41, 5.74) is 1.01. The van der Waals surface area contributed by atoms with Gasteiger partial charge in [0.05, 0.1) is 0 Å². The van der Waals surface area contributed by atoms with Gasteiger partial charge in [0.1, 0.15) is 11.5 Å². The highest BCUT2D eigenvalue weighted by molar-refractivity contribution is 5.92. The van der Waals surface area contributed by atoms with E-state index in [2.05, 4.69) is 25.8 Å². The van der Waals surface area contributed by atoms with E-state index in [1.165, 1.54) is 0 Å². The van der Waals surface area contributed by atoms with Gasteiger partial charge in [0.2, 0.25) is 5.95 Å². The molecule has 20 heavy (non-hydrogen) atoms. The summed E-state index contributed by atoms with van der Waals surface area (Å²) >= 11 is 0. The van der Waals surface area contributed by atoms with E-state index in [4.69, 9.17) is 4.52 Å². The Morgan fingerprint density at radius 2 is 2.00 bits per heavy atom. The van der Waals surface area contributed by atoms with Crippen LogP contribution in [0.15, 0.2) is 16.7 Å². The third kappa shape index (κ3) is 3.53. The lowest BCUT2D eigenvalue weighted by Gasteiger charge is -2.09. The third-order valence-corrected chi connectivity index (χ3v) is 2.37. The first kappa shape index (κ1) is 14.0. The highest BCUT2D eigenvalue weighted by Gasteiger charge is 2.12. The number of anilines is 2. The number of aromatic nitrogens is 3. The van der Waals surface area contributed by atoms with Crippen molar-refractivity contribution >= 4 is 17.7 Å². The van der Waals surface area contributed by atoms with Crippen LogP contribution in [0.1, 0.15) is 35.8 Å². The minimum Gasteiger partial charge on any atom is -0.360 e. The van der Waals surface area contributed by atoms with Crippen LogP contribution in [-0.2, 0) is 0 Å². The van der Waals surface area contributed by atoms with E-state index in [1.807, 2.05) is 13.8 Å². The molecule has 0 aliphatic heterocycles. The first-order valence-corrected chi connectivity index (χ1v) is 6.31. The highest BCUT2D eigenvalue weighted by atomic mass is 16.5. The predicted molar refractivity (Wildman–Crippen MR) is 73.9 cm³/mol. The smallest absolute Gasteiger partial charge is 0.270 e. The van der Waals surface area contributed by atoms with Gasteiger partial charge in [-0.25, -0.2) is 9.97 Å². The molecule has 0 unspecified atom stereocenters. The van der Waals surface area contributed by atoms with Gasteiger partial charge in [0, 0.05) is 17.8 Å². The normalized spacial score (nSPS) is 10.7. The summed E-state index contributed by atoms with van der Waals surface area (Å²) in [7, 11) is 0. The number of hydrogen-bond donors (Lipinski definition) is 2. The number of nitrogens with zero attached hydrogens (tertiary/aromatic N) is 3. The van der Waals surface area contributed by atoms with Crippen LogP contribution in [0.3, 0.4) is 0 Å². The van der Waals surface area contributed by atoms with Gasteiger partial charge in [-0.05, 0) is 33.8 Å². The van der Waals surface area contributed by atoms with E-state index in [0.29, 0.717) is 28.9 Å². The molecule has 0 aliphatic carbocycles. The van der Waals surface area contributed by atoms with Crippen molar-refractivity contribution in [2.75, 3.05) is 5.32 Å². The van der Waals surface area contributed by atoms with Crippen molar-refractivity contribution in [1.29, 1.82) is 0 Å². The quantitative estimate of drug-likeness (QED) is 0.886. The molecule has 0 aromatic carbocycles. The molecule has 0 saturated carbocycles. The maximum absolute atomic E-state index is 12.0. The van der Waals surface area contributed by atoms with E-state index >= 15 is 0 Å². The number of rotatable bonds is 4. The van der Waals surface area contributed by atoms with Gasteiger partial charge in [-0.1, -0.05) is 5.16 Å². The monoisotopic (exact) mass is 275 g/mol. The fourth-order valence-electron chi connectivity index (χ4n) is 1.62. The molecule has 2 heterocycles. The van der Waals surface area contributed by atoms with Crippen molar-refractivity contribution in [2.24, 2.45) is 0 Å². The number of carbonyl (C=O) groups is 1. The van der Waals surface area contributed by atoms with Crippen LogP contribution in [0.5, 0.6) is 0 Å². The largest absolute Gasteiger partial charge is 0.360 e. The predicted octanol–water partition coefficient (Wildman–Crippen LogP) is 1.96. The summed E-state index contributed by atoms with van der Waals surface area (Å²) in [6.07, 6.45) is 0. The molecule has 0 bridgehead atoms. The topological polar surface area (TPSA) is 92.9 Å². The lowest BCUT2D eigenvalue weighted by Crippen LogP contribution is -2.31. The maximum atomic E-state index is 12.0. The first-order chi connectivity index (χ1) is 9.44. The van der Waals surface area contributed by atoms with Crippen LogP contribution in [0.4, 0.5) is 11.8 Å². The van der Waals surface area contributed by atoms with Crippen LogP contribution in [0, 0.1) is 13.8 Å². The molecule has 7 heteroatoms. The van der Waals surface area contributed by atoms with Crippen LogP contribution < -0.4 is 10.6 Å². The van der Waals surface area contributed by atoms with Gasteiger partial charge < -0.3 is 15.2 Å². The van der Waals surface area contributed by atoms with Crippen molar-refractivity contribution in [3.8, 4) is 0 Å². The van der Waals surface area contributed by atoms with Crippen molar-refractivity contribution in [1.82, 2.24) is 20.4 Å². The number of carbonyl (C=O) groups excluding carboxylic acids is 1. The van der Waals surface area contributed by atoms with E-state index < -0.39 is 0 Å². The third-order valence-electron chi connectivity index (χ3n) is 2.37. The Hall–Kier alpha value is -2.44. The molecule has 0 aliphatic rings. The van der Waals surface area contributed by atoms with Crippen LogP contribution >= 0.6 is 0 Å². The molecule has 2 rings (SSSR count). The summed E-state index contributed by atoms with van der Waals surface area (Å²) in [5, 5.41) is 9.49. The number of aryl methyl sites for hydroxylation is 2. The Morgan fingerprint density at radius 1 is 1.25 bits per heavy atom. The summed E-state index contributed by atoms with van der Waals surface area (Å²) in [5.74, 6) is 1.26. The summed E-state index contributed by atoms with van der Waals surface area (Å²) in [4.78, 5) is 20.3. The Morgan fingerprint density at radius 3 is 2.60 bits per heavy atom. The molecule has 0 fully saturated rings. The summed E-state index contributed by atoms with van der Waals surface area (Å²) in [6, 6.07) is 3.41. The molecular formula is C13H17N5O2. The van der Waals surface area contributed by atoms with Crippen molar-refractivity contribution in [3.05, 3.63) is 29.3 Å². The van der Waals surface area contributed by atoms with Gasteiger partial charge in [-0.3, -0.25) is 4.79 Å². The van der Waals surface area contributed by atoms with E-state index in [-0.39, 0.29) is 11.9 Å². The molecule has 2 aromatic rings. The molecule has 106 valence electrons. The van der Waals surface area contributed by atoms with Gasteiger partial charge in [-0.15, -0.1) is 0 Å². The summed E-state index contributed by atoms with van der Waals surface area (Å²) in [6.45, 7) is 7.37. The number of hydrogen-bond acceptors (Lipinski definition) is 6. The fourth-order valence-corrected chi connectivity index (χ4v) is 1.62. The zero-order chi connectivity index (χ0) is 14.7. The minimum absolute atomic E-state index is 0.0485. The minimum atomic E-state index is -0.232. The average Bonchev–Trinajstić information content (AvgIpc) is 2.73. The van der Waals surface area contributed by atoms with Crippen molar-refractivity contribution in [3.63, 3.8) is 0 Å². The molecule has 0 saturated heterocycles. The van der Waals surface area contributed by atoms with Gasteiger partial charge >= 0.3 is 0 Å². The van der Waals surface area contributed by atoms with Gasteiger partial charge in [0.15, 0.2) is 5.82 Å². The second-order valence-corrected chi connectivity index (χ2v) is 4.79. The van der Waals surface area contributed by atoms with Crippen LogP contribution in [0.2, 0.25) is 0 Å². The number of amides is 1. The molecule has 0 atom stereocenters. The van der Waals surface area contributed by atoms with Crippen LogP contribution in [-0.4, -0.2) is 27.1 Å². The highest BCUT2D eigenvalue weighted by Crippen LogP contribution is 2.13. The lowest BCUT2D eigenvalue weighted by atomic mass is 10.3. The lowest BCUT2D eigenvalue weighted by molar-refractivity contribution is 0.0938. The Labute approximate surface area is 116 Å². The molecule has 0 spiro atoms. The van der Waals surface area contributed by atoms with Gasteiger partial charge in [0.25, 0.3) is 5.91 Å². The van der Waals surface area contributed by atoms with E-state index in [0.717, 1.165) is 0 Å². The average molecular weight is 275 g/mol. The molecular weight excluding hydrogens is 258 g/mol. The van der Waals surface area contributed by atoms with Crippen LogP contribution in [0.25, 0.3) is 0 Å². The van der Waals surface area contributed by atoms with Gasteiger partial charge in [-0.2, -0.15) is 0 Å². The summed E-state index contributed by atoms with van der Waals surface area (Å²) < 4.78 is 4.95. The zero-order valence-electron chi connectivity index (χ0n) is 11.9. The van der Waals surface area contributed by atoms with Crippen molar-refractivity contribution < 1.29 is 9.32 Å². The second kappa shape index (κ2) is 5.68. The maximum Gasteiger partial charge on any atom is 0.270 e. The number of nitrogens with one attached hydrogen (secondary N) is 2. The van der Waals surface area contributed by atoms with E-state index in [1.54, 1.807) is 26.0 Å². The molecule has 7 nitrogen and oxygen atoms in total. The fraction of sp³-hybridized carbons (Fsp3) is 0.385. The second-order valence-electron chi connectivity index (χ2n) is 4.79. The Kier molecular flexibility index (Phi) is 3.97. The Bertz CT molecular complexity index is 621. The first-order valence-electron chi connectivity index (χ1n) is 6.31.